The third-order valence-electron chi connectivity index (χ3n) is 3.42. The average Bonchev–Trinajstić information content (AvgIpc) is 2.58. The van der Waals surface area contributed by atoms with E-state index in [4.69, 9.17) is 4.74 Å². The third kappa shape index (κ3) is 8.41. The topological polar surface area (TPSA) is 58.6 Å². The molecule has 2 atom stereocenters. The van der Waals surface area contributed by atoms with Gasteiger partial charge in [-0.25, -0.2) is 4.79 Å². The largest absolute Gasteiger partial charge is 0.444 e. The number of rotatable bonds is 5. The average molecular weight is 318 g/mol. The molecule has 1 amide bonds. The van der Waals surface area contributed by atoms with Gasteiger partial charge in [0.05, 0.1) is 0 Å². The molecule has 2 unspecified atom stereocenters. The van der Waals surface area contributed by atoms with Crippen molar-refractivity contribution < 1.29 is 13.7 Å². The van der Waals surface area contributed by atoms with Crippen LogP contribution in [0.2, 0.25) is 0 Å². The maximum absolute atomic E-state index is 12.1. The zero-order valence-electron chi connectivity index (χ0n) is 13.8. The number of hydrogen-bond donors (Lipinski definition) is 1. The molecule has 0 saturated carbocycles. The predicted octanol–water partition coefficient (Wildman–Crippen LogP) is 2.13. The van der Waals surface area contributed by atoms with E-state index in [0.29, 0.717) is 6.04 Å². The molecule has 0 bridgehead atoms. The Labute approximate surface area is 131 Å². The van der Waals surface area contributed by atoms with Crippen molar-refractivity contribution in [3.05, 3.63) is 0 Å². The number of ether oxygens (including phenoxy) is 1. The molecule has 0 aromatic heterocycles. The van der Waals surface area contributed by atoms with E-state index in [1.165, 1.54) is 0 Å². The molecule has 0 aromatic rings. The maximum atomic E-state index is 12.1. The first kappa shape index (κ1) is 18.4. The monoisotopic (exact) mass is 318 g/mol. The Kier molecular flexibility index (Phi) is 7.66. The fourth-order valence-electron chi connectivity index (χ4n) is 2.39. The molecule has 1 N–H and O–H groups in total. The van der Waals surface area contributed by atoms with Crippen LogP contribution in [0.4, 0.5) is 4.79 Å². The molecule has 1 rings (SSSR count). The van der Waals surface area contributed by atoms with E-state index in [2.05, 4.69) is 5.32 Å². The molecule has 0 spiro atoms. The molecule has 124 valence electrons. The van der Waals surface area contributed by atoms with Crippen molar-refractivity contribution in [2.24, 2.45) is 0 Å². The van der Waals surface area contributed by atoms with Gasteiger partial charge in [0.25, 0.3) is 0 Å². The molecule has 1 aliphatic rings. The Bertz CT molecular complexity index is 355. The van der Waals surface area contributed by atoms with Gasteiger partial charge in [-0.05, 0) is 53.0 Å². The Morgan fingerprint density at radius 2 is 2.05 bits per heavy atom. The first-order valence-electron chi connectivity index (χ1n) is 7.79. The number of nitrogens with zero attached hydrogens (tertiary/aromatic N) is 1. The van der Waals surface area contributed by atoms with Crippen LogP contribution in [-0.2, 0) is 15.5 Å². The van der Waals surface area contributed by atoms with Crippen LogP contribution in [0.5, 0.6) is 0 Å². The summed E-state index contributed by atoms with van der Waals surface area (Å²) in [6, 6.07) is 0.447. The van der Waals surface area contributed by atoms with Gasteiger partial charge in [-0.15, -0.1) is 0 Å². The van der Waals surface area contributed by atoms with Gasteiger partial charge >= 0.3 is 6.09 Å². The van der Waals surface area contributed by atoms with E-state index in [-0.39, 0.29) is 6.09 Å². The highest BCUT2D eigenvalue weighted by Gasteiger charge is 2.24. The summed E-state index contributed by atoms with van der Waals surface area (Å²) in [6.45, 7) is 8.09. The van der Waals surface area contributed by atoms with Crippen LogP contribution in [0, 0.1) is 0 Å². The van der Waals surface area contributed by atoms with Gasteiger partial charge in [-0.2, -0.15) is 0 Å². The lowest BCUT2D eigenvalue weighted by molar-refractivity contribution is 0.0256. The van der Waals surface area contributed by atoms with Gasteiger partial charge in [0.15, 0.2) is 0 Å². The van der Waals surface area contributed by atoms with Crippen LogP contribution in [0.25, 0.3) is 0 Å². The van der Waals surface area contributed by atoms with Crippen molar-refractivity contribution in [2.75, 3.05) is 31.6 Å². The second-order valence-corrected chi connectivity index (χ2v) is 8.23. The Morgan fingerprint density at radius 1 is 1.33 bits per heavy atom. The van der Waals surface area contributed by atoms with Crippen LogP contribution >= 0.6 is 0 Å². The first-order chi connectivity index (χ1) is 9.78. The minimum atomic E-state index is -0.707. The molecule has 1 heterocycles. The smallest absolute Gasteiger partial charge is 0.410 e. The van der Waals surface area contributed by atoms with Crippen molar-refractivity contribution in [3.8, 4) is 0 Å². The third-order valence-corrected chi connectivity index (χ3v) is 4.28. The summed E-state index contributed by atoms with van der Waals surface area (Å²) in [5.41, 5.74) is -0.434. The van der Waals surface area contributed by atoms with Crippen molar-refractivity contribution >= 4 is 16.9 Å². The Hall–Kier alpha value is -0.620. The fourth-order valence-corrected chi connectivity index (χ4v) is 2.94. The molecular formula is C15H30N2O3S. The molecule has 6 heteroatoms. The summed E-state index contributed by atoms with van der Waals surface area (Å²) in [5.74, 6) is 0.754. The van der Waals surface area contributed by atoms with Crippen LogP contribution < -0.4 is 5.32 Å². The van der Waals surface area contributed by atoms with E-state index >= 15 is 0 Å². The van der Waals surface area contributed by atoms with Gasteiger partial charge in [0.2, 0.25) is 0 Å². The predicted molar refractivity (Wildman–Crippen MR) is 87.0 cm³/mol. The maximum Gasteiger partial charge on any atom is 0.410 e. The molecule has 1 aliphatic heterocycles. The molecule has 5 nitrogen and oxygen atoms in total. The van der Waals surface area contributed by atoms with E-state index in [9.17, 15) is 9.00 Å². The summed E-state index contributed by atoms with van der Waals surface area (Å²) in [7, 11) is -0.707. The van der Waals surface area contributed by atoms with Crippen LogP contribution in [-0.4, -0.2) is 58.5 Å². The Balaban J connectivity index is 2.30. The number of hydrogen-bond acceptors (Lipinski definition) is 4. The van der Waals surface area contributed by atoms with E-state index in [1.54, 1.807) is 6.26 Å². The summed E-state index contributed by atoms with van der Waals surface area (Å²) >= 11 is 0. The highest BCUT2D eigenvalue weighted by atomic mass is 32.2. The molecule has 21 heavy (non-hydrogen) atoms. The molecular weight excluding hydrogens is 288 g/mol. The molecule has 0 aromatic carbocycles. The summed E-state index contributed by atoms with van der Waals surface area (Å²) in [5, 5.41) is 3.51. The lowest BCUT2D eigenvalue weighted by Crippen LogP contribution is -2.38. The zero-order valence-corrected chi connectivity index (χ0v) is 14.6. The standard InChI is InChI=1S/C15H30N2O3S/c1-15(2,3)20-14(18)17-10-5-7-13(8-11-17)16-9-6-12-21(4)19/h13,16H,5-12H2,1-4H3. The first-order valence-corrected chi connectivity index (χ1v) is 9.52. The van der Waals surface area contributed by atoms with Crippen LogP contribution in [0.15, 0.2) is 0 Å². The lowest BCUT2D eigenvalue weighted by Gasteiger charge is -2.26. The number of amides is 1. The Morgan fingerprint density at radius 3 is 2.67 bits per heavy atom. The highest BCUT2D eigenvalue weighted by Crippen LogP contribution is 2.15. The van der Waals surface area contributed by atoms with Gasteiger partial charge < -0.3 is 15.0 Å². The van der Waals surface area contributed by atoms with Crippen molar-refractivity contribution in [1.82, 2.24) is 10.2 Å². The van der Waals surface area contributed by atoms with E-state index < -0.39 is 16.4 Å². The second-order valence-electron chi connectivity index (χ2n) is 6.68. The van der Waals surface area contributed by atoms with Gasteiger partial charge in [0.1, 0.15) is 5.60 Å². The van der Waals surface area contributed by atoms with Crippen molar-refractivity contribution in [1.29, 1.82) is 0 Å². The van der Waals surface area contributed by atoms with E-state index in [0.717, 1.165) is 51.1 Å². The molecule has 1 saturated heterocycles. The quantitative estimate of drug-likeness (QED) is 0.789. The molecule has 0 radical (unpaired) electrons. The fraction of sp³-hybridized carbons (Fsp3) is 0.933. The SMILES string of the molecule is CS(=O)CCCNC1CCCN(C(=O)OC(C)(C)C)CC1. The molecule has 1 fully saturated rings. The highest BCUT2D eigenvalue weighted by molar-refractivity contribution is 7.84. The van der Waals surface area contributed by atoms with Gasteiger partial charge in [-0.1, -0.05) is 0 Å². The van der Waals surface area contributed by atoms with Crippen LogP contribution in [0.1, 0.15) is 46.5 Å². The zero-order chi connectivity index (χ0) is 15.9. The normalized spacial score (nSPS) is 21.7. The number of carbonyl (C=O) groups is 1. The van der Waals surface area contributed by atoms with Crippen molar-refractivity contribution in [2.45, 2.75) is 58.1 Å². The lowest BCUT2D eigenvalue weighted by atomic mass is 10.1. The summed E-state index contributed by atoms with van der Waals surface area (Å²) in [4.78, 5) is 13.9. The van der Waals surface area contributed by atoms with Gasteiger partial charge in [0, 0.05) is 41.9 Å². The van der Waals surface area contributed by atoms with Crippen LogP contribution in [0.3, 0.4) is 0 Å². The number of nitrogens with one attached hydrogen (secondary N) is 1. The summed E-state index contributed by atoms with van der Waals surface area (Å²) in [6.07, 6.45) is 5.50. The number of carbonyl (C=O) groups excluding carboxylic acids is 1. The summed E-state index contributed by atoms with van der Waals surface area (Å²) < 4.78 is 16.4. The molecule has 0 aliphatic carbocycles. The minimum Gasteiger partial charge on any atom is -0.444 e. The van der Waals surface area contributed by atoms with E-state index in [1.807, 2.05) is 25.7 Å². The minimum absolute atomic E-state index is 0.204. The van der Waals surface area contributed by atoms with Crippen molar-refractivity contribution in [3.63, 3.8) is 0 Å². The second kappa shape index (κ2) is 8.73. The number of likely N-dealkylation sites (tertiary alicyclic amines) is 1. The van der Waals surface area contributed by atoms with Gasteiger partial charge in [-0.3, -0.25) is 4.21 Å².